The molecular weight excluding hydrogens is 333 g/mol. The third-order valence-corrected chi connectivity index (χ3v) is 5.64. The van der Waals surface area contributed by atoms with Crippen LogP contribution in [0.25, 0.3) is 0 Å². The summed E-state index contributed by atoms with van der Waals surface area (Å²) in [7, 11) is -3.64. The summed E-state index contributed by atoms with van der Waals surface area (Å²) >= 11 is 11.8. The SMILES string of the molecule is CC(C)N(Cc1ccc(Cl)c(Cl)c1)S(=O)(=O)c1cnc[nH]1. The van der Waals surface area contributed by atoms with Crippen molar-refractivity contribution in [2.75, 3.05) is 0 Å². The second-order valence-corrected chi connectivity index (χ2v) is 7.48. The van der Waals surface area contributed by atoms with Gasteiger partial charge in [0.2, 0.25) is 0 Å². The number of rotatable bonds is 5. The van der Waals surface area contributed by atoms with E-state index in [1.54, 1.807) is 18.2 Å². The molecule has 1 aromatic heterocycles. The van der Waals surface area contributed by atoms with Gasteiger partial charge >= 0.3 is 0 Å². The summed E-state index contributed by atoms with van der Waals surface area (Å²) in [6, 6.07) is 4.86. The van der Waals surface area contributed by atoms with Crippen molar-refractivity contribution in [1.82, 2.24) is 14.3 Å². The summed E-state index contributed by atoms with van der Waals surface area (Å²) in [5, 5.41) is 0.904. The number of sulfonamides is 1. The fourth-order valence-corrected chi connectivity index (χ4v) is 3.72. The highest BCUT2D eigenvalue weighted by atomic mass is 35.5. The molecule has 0 amide bonds. The highest BCUT2D eigenvalue weighted by Gasteiger charge is 2.28. The Morgan fingerprint density at radius 2 is 2.00 bits per heavy atom. The van der Waals surface area contributed by atoms with Gasteiger partial charge < -0.3 is 4.98 Å². The van der Waals surface area contributed by atoms with Crippen LogP contribution in [0, 0.1) is 0 Å². The average Bonchev–Trinajstić information content (AvgIpc) is 2.94. The van der Waals surface area contributed by atoms with Crippen LogP contribution in [0.1, 0.15) is 19.4 Å². The van der Waals surface area contributed by atoms with Gasteiger partial charge in [-0.1, -0.05) is 29.3 Å². The molecule has 21 heavy (non-hydrogen) atoms. The summed E-state index contributed by atoms with van der Waals surface area (Å²) in [4.78, 5) is 6.39. The molecule has 0 aliphatic heterocycles. The molecule has 8 heteroatoms. The molecule has 0 bridgehead atoms. The molecule has 0 unspecified atom stereocenters. The summed E-state index contributed by atoms with van der Waals surface area (Å²) in [5.41, 5.74) is 0.765. The molecular formula is C13H15Cl2N3O2S. The zero-order chi connectivity index (χ0) is 15.6. The molecule has 0 radical (unpaired) electrons. The van der Waals surface area contributed by atoms with E-state index >= 15 is 0 Å². The topological polar surface area (TPSA) is 66.1 Å². The molecule has 0 saturated heterocycles. The molecule has 1 heterocycles. The van der Waals surface area contributed by atoms with Crippen molar-refractivity contribution in [1.29, 1.82) is 0 Å². The van der Waals surface area contributed by atoms with Crippen molar-refractivity contribution in [3.8, 4) is 0 Å². The molecule has 1 aromatic carbocycles. The van der Waals surface area contributed by atoms with Gasteiger partial charge in [-0.25, -0.2) is 13.4 Å². The maximum atomic E-state index is 12.6. The van der Waals surface area contributed by atoms with Crippen LogP contribution in [0.3, 0.4) is 0 Å². The number of nitrogens with one attached hydrogen (secondary N) is 1. The lowest BCUT2D eigenvalue weighted by molar-refractivity contribution is 0.347. The Morgan fingerprint density at radius 1 is 1.29 bits per heavy atom. The minimum Gasteiger partial charge on any atom is -0.335 e. The zero-order valence-corrected chi connectivity index (χ0v) is 13.9. The minimum atomic E-state index is -3.64. The van der Waals surface area contributed by atoms with Crippen LogP contribution in [0.15, 0.2) is 35.7 Å². The smallest absolute Gasteiger partial charge is 0.260 e. The van der Waals surface area contributed by atoms with E-state index in [9.17, 15) is 8.42 Å². The van der Waals surface area contributed by atoms with Crippen molar-refractivity contribution >= 4 is 33.2 Å². The average molecular weight is 348 g/mol. The van der Waals surface area contributed by atoms with E-state index < -0.39 is 10.0 Å². The van der Waals surface area contributed by atoms with E-state index in [0.29, 0.717) is 10.0 Å². The van der Waals surface area contributed by atoms with Gasteiger partial charge in [0, 0.05) is 12.6 Å². The first-order valence-corrected chi connectivity index (χ1v) is 8.46. The number of imidazole rings is 1. The Bertz CT molecular complexity index is 715. The lowest BCUT2D eigenvalue weighted by atomic mass is 10.2. The van der Waals surface area contributed by atoms with Crippen molar-refractivity contribution in [2.45, 2.75) is 31.5 Å². The summed E-state index contributed by atoms with van der Waals surface area (Å²) < 4.78 is 26.5. The Hall–Kier alpha value is -1.08. The lowest BCUT2D eigenvalue weighted by Gasteiger charge is -2.25. The largest absolute Gasteiger partial charge is 0.335 e. The van der Waals surface area contributed by atoms with Crippen LogP contribution < -0.4 is 0 Å². The van der Waals surface area contributed by atoms with Gasteiger partial charge in [-0.05, 0) is 31.5 Å². The normalized spacial score (nSPS) is 12.3. The number of halogens is 2. The van der Waals surface area contributed by atoms with Crippen molar-refractivity contribution in [2.24, 2.45) is 0 Å². The first kappa shape index (κ1) is 16.3. The molecule has 2 aromatic rings. The van der Waals surface area contributed by atoms with E-state index in [2.05, 4.69) is 9.97 Å². The van der Waals surface area contributed by atoms with Gasteiger partial charge in [-0.2, -0.15) is 4.31 Å². The van der Waals surface area contributed by atoms with Gasteiger partial charge in [0.05, 0.1) is 22.6 Å². The Balaban J connectivity index is 2.34. The van der Waals surface area contributed by atoms with Crippen molar-refractivity contribution in [3.05, 3.63) is 46.3 Å². The molecule has 2 rings (SSSR count). The number of hydrogen-bond acceptors (Lipinski definition) is 3. The van der Waals surface area contributed by atoms with Crippen LogP contribution in [-0.2, 0) is 16.6 Å². The van der Waals surface area contributed by atoms with Gasteiger partial charge in [0.25, 0.3) is 10.0 Å². The van der Waals surface area contributed by atoms with E-state index in [0.717, 1.165) is 5.56 Å². The number of H-pyrrole nitrogens is 1. The molecule has 114 valence electrons. The number of benzene rings is 1. The second kappa shape index (κ2) is 6.36. The highest BCUT2D eigenvalue weighted by molar-refractivity contribution is 7.89. The van der Waals surface area contributed by atoms with Gasteiger partial charge in [-0.15, -0.1) is 0 Å². The first-order valence-electron chi connectivity index (χ1n) is 6.26. The predicted octanol–water partition coefficient (Wildman–Crippen LogP) is 3.32. The van der Waals surface area contributed by atoms with Crippen LogP contribution in [0.5, 0.6) is 0 Å². The van der Waals surface area contributed by atoms with E-state index in [1.165, 1.54) is 16.8 Å². The maximum Gasteiger partial charge on any atom is 0.260 e. The quantitative estimate of drug-likeness (QED) is 0.901. The maximum absolute atomic E-state index is 12.6. The Morgan fingerprint density at radius 3 is 2.52 bits per heavy atom. The molecule has 0 saturated carbocycles. The summed E-state index contributed by atoms with van der Waals surface area (Å²) in [6.07, 6.45) is 2.63. The third-order valence-electron chi connectivity index (χ3n) is 2.96. The zero-order valence-electron chi connectivity index (χ0n) is 11.5. The summed E-state index contributed by atoms with van der Waals surface area (Å²) in [6.45, 7) is 3.83. The monoisotopic (exact) mass is 347 g/mol. The number of hydrogen-bond donors (Lipinski definition) is 1. The Kier molecular flexibility index (Phi) is 4.93. The second-order valence-electron chi connectivity index (χ2n) is 4.81. The lowest BCUT2D eigenvalue weighted by Crippen LogP contribution is -2.36. The standard InChI is InChI=1S/C13H15Cl2N3O2S/c1-9(2)18(21(19,20)13-6-16-8-17-13)7-10-3-4-11(14)12(15)5-10/h3-6,8-9H,7H2,1-2H3,(H,16,17). The minimum absolute atomic E-state index is 0.0660. The van der Waals surface area contributed by atoms with Crippen LogP contribution >= 0.6 is 23.2 Å². The van der Waals surface area contributed by atoms with Crippen molar-refractivity contribution in [3.63, 3.8) is 0 Å². The molecule has 0 spiro atoms. The van der Waals surface area contributed by atoms with Gasteiger partial charge in [0.1, 0.15) is 0 Å². The number of aromatic nitrogens is 2. The summed E-state index contributed by atoms with van der Waals surface area (Å²) in [5.74, 6) is 0. The molecule has 0 fully saturated rings. The fraction of sp³-hybridized carbons (Fsp3) is 0.308. The van der Waals surface area contributed by atoms with E-state index in [-0.39, 0.29) is 17.6 Å². The third kappa shape index (κ3) is 3.58. The van der Waals surface area contributed by atoms with Crippen molar-refractivity contribution < 1.29 is 8.42 Å². The Labute approximate surface area is 134 Å². The number of aromatic amines is 1. The van der Waals surface area contributed by atoms with Crippen LogP contribution in [0.2, 0.25) is 10.0 Å². The van der Waals surface area contributed by atoms with Crippen LogP contribution in [-0.4, -0.2) is 28.7 Å². The van der Waals surface area contributed by atoms with E-state index in [1.807, 2.05) is 13.8 Å². The molecule has 5 nitrogen and oxygen atoms in total. The predicted molar refractivity (Wildman–Crippen MR) is 82.9 cm³/mol. The molecule has 0 aliphatic carbocycles. The fourth-order valence-electron chi connectivity index (χ4n) is 1.87. The number of nitrogens with zero attached hydrogens (tertiary/aromatic N) is 2. The molecule has 1 N–H and O–H groups in total. The highest BCUT2D eigenvalue weighted by Crippen LogP contribution is 2.25. The van der Waals surface area contributed by atoms with Gasteiger partial charge in [0.15, 0.2) is 5.03 Å². The van der Waals surface area contributed by atoms with Gasteiger partial charge in [-0.3, -0.25) is 0 Å². The molecule has 0 aliphatic rings. The first-order chi connectivity index (χ1) is 9.82. The van der Waals surface area contributed by atoms with Crippen LogP contribution in [0.4, 0.5) is 0 Å². The molecule has 0 atom stereocenters. The van der Waals surface area contributed by atoms with E-state index in [4.69, 9.17) is 23.2 Å².